The molecule has 0 aromatic heterocycles. The van der Waals surface area contributed by atoms with E-state index in [2.05, 4.69) is 0 Å². The number of hydrogen-bond acceptors (Lipinski definition) is 6. The van der Waals surface area contributed by atoms with E-state index in [1.807, 2.05) is 91.9 Å². The lowest BCUT2D eigenvalue weighted by Crippen LogP contribution is -2.59. The van der Waals surface area contributed by atoms with Crippen LogP contribution in [0, 0.1) is 6.92 Å². The lowest BCUT2D eigenvalue weighted by molar-refractivity contribution is -0.237. The summed E-state index contributed by atoms with van der Waals surface area (Å²) in [6, 6.07) is 27.9. The van der Waals surface area contributed by atoms with Crippen LogP contribution in [-0.4, -0.2) is 46.7 Å². The van der Waals surface area contributed by atoms with Crippen molar-refractivity contribution in [3.8, 4) is 0 Å². The molecule has 0 unspecified atom stereocenters. The zero-order chi connectivity index (χ0) is 23.0. The quantitative estimate of drug-likeness (QED) is 0.489. The van der Waals surface area contributed by atoms with Crippen LogP contribution in [0.2, 0.25) is 0 Å². The lowest BCUT2D eigenvalue weighted by atomic mass is 9.99. The van der Waals surface area contributed by atoms with Gasteiger partial charge in [-0.2, -0.15) is 0 Å². The van der Waals surface area contributed by atoms with Crippen LogP contribution in [-0.2, 0) is 27.4 Å². The topological polar surface area (TPSA) is 68.2 Å². The third kappa shape index (κ3) is 6.44. The summed E-state index contributed by atoms with van der Waals surface area (Å²) in [5.41, 5.74) is 2.74. The second-order valence-electron chi connectivity index (χ2n) is 8.17. The largest absolute Gasteiger partial charge is 0.394 e. The van der Waals surface area contributed by atoms with Gasteiger partial charge in [0.2, 0.25) is 0 Å². The molecule has 0 bridgehead atoms. The molecule has 1 fully saturated rings. The molecule has 3 aromatic rings. The van der Waals surface area contributed by atoms with Gasteiger partial charge in [-0.05, 0) is 30.2 Å². The molecular weight excluding hydrogens is 436 g/mol. The number of ether oxygens (including phenoxy) is 3. The molecule has 174 valence electrons. The maximum Gasteiger partial charge on any atom is 0.137 e. The van der Waals surface area contributed by atoms with Crippen LogP contribution in [0.3, 0.4) is 0 Å². The Morgan fingerprint density at radius 2 is 1.33 bits per heavy atom. The van der Waals surface area contributed by atoms with Crippen LogP contribution in [0.15, 0.2) is 89.8 Å². The lowest BCUT2D eigenvalue weighted by Gasteiger charge is -2.43. The molecule has 33 heavy (non-hydrogen) atoms. The highest BCUT2D eigenvalue weighted by Gasteiger charge is 2.47. The van der Waals surface area contributed by atoms with Gasteiger partial charge in [-0.25, -0.2) is 0 Å². The number of hydrogen-bond donors (Lipinski definition) is 2. The number of aliphatic hydroxyl groups is 2. The molecule has 0 radical (unpaired) electrons. The van der Waals surface area contributed by atoms with Crippen molar-refractivity contribution in [2.75, 3.05) is 6.61 Å². The van der Waals surface area contributed by atoms with Crippen molar-refractivity contribution < 1.29 is 24.4 Å². The zero-order valence-corrected chi connectivity index (χ0v) is 19.4. The SMILES string of the molecule is Cc1ccc(S[C@@H]2O[C@H](CO)[C@@H](O)[C@H](OCc3ccccc3)[C@H]2OCc2ccccc2)cc1. The average molecular weight is 467 g/mol. The van der Waals surface area contributed by atoms with Crippen molar-refractivity contribution in [1.82, 2.24) is 0 Å². The van der Waals surface area contributed by atoms with Gasteiger partial charge in [0.25, 0.3) is 0 Å². The summed E-state index contributed by atoms with van der Waals surface area (Å²) in [5, 5.41) is 20.9. The Morgan fingerprint density at radius 3 is 1.88 bits per heavy atom. The molecule has 0 saturated carbocycles. The fraction of sp³-hybridized carbons (Fsp3) is 0.333. The van der Waals surface area contributed by atoms with Gasteiger partial charge in [0.1, 0.15) is 29.9 Å². The number of aliphatic hydroxyl groups excluding tert-OH is 2. The Balaban J connectivity index is 1.57. The minimum Gasteiger partial charge on any atom is -0.394 e. The van der Waals surface area contributed by atoms with Gasteiger partial charge in [-0.3, -0.25) is 0 Å². The fourth-order valence-corrected chi connectivity index (χ4v) is 4.92. The molecule has 0 spiro atoms. The fourth-order valence-electron chi connectivity index (χ4n) is 3.79. The van der Waals surface area contributed by atoms with E-state index in [4.69, 9.17) is 14.2 Å². The van der Waals surface area contributed by atoms with E-state index in [9.17, 15) is 10.2 Å². The van der Waals surface area contributed by atoms with E-state index in [1.165, 1.54) is 17.3 Å². The number of benzene rings is 3. The predicted molar refractivity (Wildman–Crippen MR) is 129 cm³/mol. The second-order valence-corrected chi connectivity index (χ2v) is 9.34. The Bertz CT molecular complexity index is 967. The molecule has 5 nitrogen and oxygen atoms in total. The summed E-state index contributed by atoms with van der Waals surface area (Å²) in [5.74, 6) is 0. The third-order valence-electron chi connectivity index (χ3n) is 5.64. The first-order chi connectivity index (χ1) is 16.1. The monoisotopic (exact) mass is 466 g/mol. The van der Waals surface area contributed by atoms with Crippen molar-refractivity contribution in [3.05, 3.63) is 102 Å². The van der Waals surface area contributed by atoms with Crippen LogP contribution >= 0.6 is 11.8 Å². The van der Waals surface area contributed by atoms with Crippen LogP contribution < -0.4 is 0 Å². The van der Waals surface area contributed by atoms with Crippen LogP contribution in [0.5, 0.6) is 0 Å². The van der Waals surface area contributed by atoms with E-state index < -0.39 is 29.9 Å². The highest BCUT2D eigenvalue weighted by molar-refractivity contribution is 7.99. The van der Waals surface area contributed by atoms with Crippen molar-refractivity contribution in [1.29, 1.82) is 0 Å². The van der Waals surface area contributed by atoms with E-state index in [1.54, 1.807) is 0 Å². The minimum atomic E-state index is -1.02. The minimum absolute atomic E-state index is 0.303. The molecule has 4 rings (SSSR count). The molecule has 1 aliphatic rings. The summed E-state index contributed by atoms with van der Waals surface area (Å²) in [6.45, 7) is 2.43. The van der Waals surface area contributed by atoms with Crippen molar-refractivity contribution >= 4 is 11.8 Å². The van der Waals surface area contributed by atoms with E-state index in [0.29, 0.717) is 13.2 Å². The Kier molecular flexibility index (Phi) is 8.56. The summed E-state index contributed by atoms with van der Waals surface area (Å²) >= 11 is 1.51. The summed E-state index contributed by atoms with van der Waals surface area (Å²) in [6.07, 6.45) is -2.99. The van der Waals surface area contributed by atoms with E-state index in [0.717, 1.165) is 16.0 Å². The summed E-state index contributed by atoms with van der Waals surface area (Å²) in [4.78, 5) is 1.02. The van der Waals surface area contributed by atoms with E-state index >= 15 is 0 Å². The molecular formula is C27H30O5S. The van der Waals surface area contributed by atoms with Crippen LogP contribution in [0.4, 0.5) is 0 Å². The van der Waals surface area contributed by atoms with Crippen molar-refractivity contribution in [3.63, 3.8) is 0 Å². The number of thioether (sulfide) groups is 1. The Hall–Kier alpha value is -2.19. The Labute approximate surface area is 199 Å². The Morgan fingerprint density at radius 1 is 0.788 bits per heavy atom. The molecule has 2 N–H and O–H groups in total. The first-order valence-electron chi connectivity index (χ1n) is 11.1. The predicted octanol–water partition coefficient (Wildman–Crippen LogP) is 4.34. The molecule has 3 aromatic carbocycles. The zero-order valence-electron chi connectivity index (χ0n) is 18.6. The third-order valence-corrected chi connectivity index (χ3v) is 6.80. The number of aryl methyl sites for hydroxylation is 1. The van der Waals surface area contributed by atoms with Crippen molar-refractivity contribution in [2.45, 2.75) is 54.9 Å². The van der Waals surface area contributed by atoms with Gasteiger partial charge in [0.05, 0.1) is 19.8 Å². The van der Waals surface area contributed by atoms with Gasteiger partial charge in [-0.15, -0.1) is 0 Å². The van der Waals surface area contributed by atoms with Gasteiger partial charge in [-0.1, -0.05) is 90.1 Å². The highest BCUT2D eigenvalue weighted by Crippen LogP contribution is 2.36. The molecule has 1 saturated heterocycles. The molecule has 5 atom stereocenters. The maximum atomic E-state index is 11.0. The average Bonchev–Trinajstić information content (AvgIpc) is 2.85. The first-order valence-corrected chi connectivity index (χ1v) is 12.0. The van der Waals surface area contributed by atoms with Crippen molar-refractivity contribution in [2.24, 2.45) is 0 Å². The van der Waals surface area contributed by atoms with Crippen LogP contribution in [0.25, 0.3) is 0 Å². The molecule has 6 heteroatoms. The normalized spacial score (nSPS) is 25.1. The second kappa shape index (κ2) is 11.8. The number of rotatable bonds is 9. The van der Waals surface area contributed by atoms with Gasteiger partial charge >= 0.3 is 0 Å². The molecule has 0 aliphatic carbocycles. The van der Waals surface area contributed by atoms with Gasteiger partial charge < -0.3 is 24.4 Å². The summed E-state index contributed by atoms with van der Waals surface area (Å²) in [7, 11) is 0. The standard InChI is InChI=1S/C27H30O5S/c1-19-12-14-22(15-13-19)33-27-26(31-18-21-10-6-3-7-11-21)25(24(29)23(16-28)32-27)30-17-20-8-4-2-5-9-20/h2-15,23-29H,16-18H2,1H3/t23-,24-,25+,26-,27+/m1/s1. The molecule has 0 amide bonds. The molecule has 1 heterocycles. The van der Waals surface area contributed by atoms with E-state index in [-0.39, 0.29) is 6.61 Å². The van der Waals surface area contributed by atoms with Gasteiger partial charge in [0, 0.05) is 4.90 Å². The maximum absolute atomic E-state index is 11.0. The summed E-state index contributed by atoms with van der Waals surface area (Å²) < 4.78 is 18.7. The first kappa shape index (κ1) is 24.0. The van der Waals surface area contributed by atoms with Crippen LogP contribution in [0.1, 0.15) is 16.7 Å². The highest BCUT2D eigenvalue weighted by atomic mass is 32.2. The smallest absolute Gasteiger partial charge is 0.137 e. The van der Waals surface area contributed by atoms with Gasteiger partial charge in [0.15, 0.2) is 0 Å². The molecule has 1 aliphatic heterocycles.